The van der Waals surface area contributed by atoms with Crippen LogP contribution in [0.4, 0.5) is 0 Å². The number of carbonyl (C=O) groups excluding carboxylic acids is 1. The lowest BCUT2D eigenvalue weighted by atomic mass is 9.98. The second-order valence-corrected chi connectivity index (χ2v) is 7.86. The molecule has 31 heavy (non-hydrogen) atoms. The monoisotopic (exact) mass is 428 g/mol. The van der Waals surface area contributed by atoms with Crippen molar-refractivity contribution in [3.05, 3.63) is 56.5 Å². The first-order valence-electron chi connectivity index (χ1n) is 10.2. The number of aryl methyl sites for hydroxylation is 3. The number of esters is 1. The van der Waals surface area contributed by atoms with Gasteiger partial charge in [0.2, 0.25) is 0 Å². The molecular formula is C22H28N4O5. The summed E-state index contributed by atoms with van der Waals surface area (Å²) >= 11 is 0. The molecule has 1 aromatic carbocycles. The van der Waals surface area contributed by atoms with Gasteiger partial charge < -0.3 is 14.0 Å². The molecule has 9 nitrogen and oxygen atoms in total. The van der Waals surface area contributed by atoms with Gasteiger partial charge in [-0.2, -0.15) is 0 Å². The summed E-state index contributed by atoms with van der Waals surface area (Å²) in [6.45, 7) is 6.26. The van der Waals surface area contributed by atoms with Crippen LogP contribution in [-0.4, -0.2) is 37.9 Å². The minimum absolute atomic E-state index is 0.0759. The smallest absolute Gasteiger partial charge is 0.344 e. The first kappa shape index (κ1) is 22.3. The van der Waals surface area contributed by atoms with Crippen LogP contribution in [0.2, 0.25) is 0 Å². The molecule has 3 rings (SSSR count). The van der Waals surface area contributed by atoms with Gasteiger partial charge in [-0.3, -0.25) is 13.9 Å². The number of rotatable bonds is 8. The third-order valence-corrected chi connectivity index (χ3v) is 5.21. The number of fused-ring (bicyclic) bond motifs is 1. The number of ether oxygens (including phenoxy) is 2. The summed E-state index contributed by atoms with van der Waals surface area (Å²) in [5.74, 6) is 0.522. The Kier molecular flexibility index (Phi) is 6.62. The Morgan fingerprint density at radius 3 is 2.61 bits per heavy atom. The van der Waals surface area contributed by atoms with E-state index in [2.05, 4.69) is 18.8 Å². The van der Waals surface area contributed by atoms with Crippen LogP contribution in [-0.2, 0) is 30.2 Å². The summed E-state index contributed by atoms with van der Waals surface area (Å²) in [5, 5.41) is 0. The van der Waals surface area contributed by atoms with Crippen LogP contribution in [0.15, 0.2) is 34.1 Å². The molecule has 0 unspecified atom stereocenters. The van der Waals surface area contributed by atoms with Crippen LogP contribution >= 0.6 is 0 Å². The topological polar surface area (TPSA) is 97.3 Å². The van der Waals surface area contributed by atoms with E-state index >= 15 is 0 Å². The van der Waals surface area contributed by atoms with Gasteiger partial charge >= 0.3 is 11.7 Å². The minimum Gasteiger partial charge on any atom is -0.482 e. The van der Waals surface area contributed by atoms with Gasteiger partial charge in [-0.1, -0.05) is 19.9 Å². The Hall–Kier alpha value is -3.36. The molecule has 0 aliphatic heterocycles. The molecular weight excluding hydrogens is 400 g/mol. The van der Waals surface area contributed by atoms with Gasteiger partial charge in [0.05, 0.1) is 12.9 Å². The van der Waals surface area contributed by atoms with E-state index in [0.717, 1.165) is 10.1 Å². The van der Waals surface area contributed by atoms with Gasteiger partial charge in [0, 0.05) is 20.6 Å². The Morgan fingerprint density at radius 2 is 1.94 bits per heavy atom. The quantitative estimate of drug-likeness (QED) is 0.401. The van der Waals surface area contributed by atoms with Crippen molar-refractivity contribution in [2.75, 3.05) is 13.2 Å². The molecule has 0 spiro atoms. The van der Waals surface area contributed by atoms with Gasteiger partial charge in [0.25, 0.3) is 5.56 Å². The van der Waals surface area contributed by atoms with Gasteiger partial charge in [-0.05, 0) is 42.5 Å². The molecule has 0 amide bonds. The molecule has 0 aliphatic rings. The highest BCUT2D eigenvalue weighted by Gasteiger charge is 2.15. The second kappa shape index (κ2) is 9.20. The zero-order valence-electron chi connectivity index (χ0n) is 18.5. The van der Waals surface area contributed by atoms with E-state index in [1.54, 1.807) is 18.7 Å². The predicted molar refractivity (Wildman–Crippen MR) is 117 cm³/mol. The van der Waals surface area contributed by atoms with Crippen molar-refractivity contribution in [1.82, 2.24) is 18.7 Å². The summed E-state index contributed by atoms with van der Waals surface area (Å²) < 4.78 is 14.7. The number of carbonyl (C=O) groups is 1. The van der Waals surface area contributed by atoms with E-state index in [-0.39, 0.29) is 19.8 Å². The maximum atomic E-state index is 12.6. The molecule has 0 bridgehead atoms. The van der Waals surface area contributed by atoms with E-state index < -0.39 is 17.2 Å². The highest BCUT2D eigenvalue weighted by Crippen LogP contribution is 2.23. The van der Waals surface area contributed by atoms with Crippen LogP contribution in [0, 0.1) is 6.92 Å². The SMILES string of the molecule is Cc1cc(OCC(=O)OCCCn2c(=O)c3c(ncn3C)n(C)c2=O)ccc1C(C)C. The molecule has 0 saturated carbocycles. The number of imidazole rings is 1. The Labute approximate surface area is 179 Å². The molecule has 0 radical (unpaired) electrons. The Morgan fingerprint density at radius 1 is 1.19 bits per heavy atom. The average Bonchev–Trinajstić information content (AvgIpc) is 3.11. The van der Waals surface area contributed by atoms with Crippen LogP contribution in [0.3, 0.4) is 0 Å². The largest absolute Gasteiger partial charge is 0.482 e. The van der Waals surface area contributed by atoms with E-state index in [0.29, 0.717) is 29.3 Å². The molecule has 3 aromatic rings. The maximum absolute atomic E-state index is 12.6. The van der Waals surface area contributed by atoms with Gasteiger partial charge in [0.15, 0.2) is 17.8 Å². The van der Waals surface area contributed by atoms with E-state index in [1.807, 2.05) is 25.1 Å². The van der Waals surface area contributed by atoms with E-state index in [4.69, 9.17) is 9.47 Å². The Balaban J connectivity index is 1.53. The third kappa shape index (κ3) is 4.70. The Bertz CT molecular complexity index is 1220. The molecule has 2 heterocycles. The fourth-order valence-electron chi connectivity index (χ4n) is 3.57. The molecule has 0 N–H and O–H groups in total. The summed E-state index contributed by atoms with van der Waals surface area (Å²) in [4.78, 5) is 41.1. The molecule has 0 saturated heterocycles. The normalized spacial score (nSPS) is 11.3. The summed E-state index contributed by atoms with van der Waals surface area (Å²) in [6, 6.07) is 5.74. The van der Waals surface area contributed by atoms with Crippen molar-refractivity contribution in [2.24, 2.45) is 14.1 Å². The first-order chi connectivity index (χ1) is 14.7. The van der Waals surface area contributed by atoms with E-state index in [1.165, 1.54) is 16.5 Å². The molecule has 2 aromatic heterocycles. The van der Waals surface area contributed by atoms with Crippen molar-refractivity contribution < 1.29 is 14.3 Å². The average molecular weight is 428 g/mol. The fourth-order valence-corrected chi connectivity index (χ4v) is 3.57. The third-order valence-electron chi connectivity index (χ3n) is 5.21. The number of hydrogen-bond acceptors (Lipinski definition) is 6. The van der Waals surface area contributed by atoms with Crippen molar-refractivity contribution in [2.45, 2.75) is 39.7 Å². The number of nitrogens with zero attached hydrogens (tertiary/aromatic N) is 4. The summed E-state index contributed by atoms with van der Waals surface area (Å²) in [7, 11) is 3.27. The summed E-state index contributed by atoms with van der Waals surface area (Å²) in [5.41, 5.74) is 2.18. The van der Waals surface area contributed by atoms with Crippen molar-refractivity contribution >= 4 is 17.1 Å². The lowest BCUT2D eigenvalue weighted by Crippen LogP contribution is -2.39. The predicted octanol–water partition coefficient (Wildman–Crippen LogP) is 1.88. The van der Waals surface area contributed by atoms with Crippen molar-refractivity contribution in [3.8, 4) is 5.75 Å². The van der Waals surface area contributed by atoms with Crippen LogP contribution in [0.1, 0.15) is 37.3 Å². The van der Waals surface area contributed by atoms with Gasteiger partial charge in [0.1, 0.15) is 5.75 Å². The lowest BCUT2D eigenvalue weighted by molar-refractivity contribution is -0.146. The lowest BCUT2D eigenvalue weighted by Gasteiger charge is -2.12. The first-order valence-corrected chi connectivity index (χ1v) is 10.2. The molecule has 166 valence electrons. The highest BCUT2D eigenvalue weighted by atomic mass is 16.6. The minimum atomic E-state index is -0.507. The maximum Gasteiger partial charge on any atom is 0.344 e. The standard InChI is InChI=1S/C22H28N4O5/c1-14(2)17-8-7-16(11-15(17)3)31-12-18(27)30-10-6-9-26-21(28)19-20(23-13-24(19)4)25(5)22(26)29/h7-8,11,13-14H,6,9-10,12H2,1-5H3. The molecule has 0 atom stereocenters. The highest BCUT2D eigenvalue weighted by molar-refractivity contribution is 5.71. The number of benzene rings is 1. The van der Waals surface area contributed by atoms with Gasteiger partial charge in [-0.15, -0.1) is 0 Å². The van der Waals surface area contributed by atoms with Crippen molar-refractivity contribution in [3.63, 3.8) is 0 Å². The number of aromatic nitrogens is 4. The number of hydrogen-bond donors (Lipinski definition) is 0. The van der Waals surface area contributed by atoms with Crippen LogP contribution in [0.5, 0.6) is 5.75 Å². The second-order valence-electron chi connectivity index (χ2n) is 7.86. The fraction of sp³-hybridized carbons (Fsp3) is 0.455. The molecule has 9 heteroatoms. The zero-order chi connectivity index (χ0) is 22.7. The summed E-state index contributed by atoms with van der Waals surface area (Å²) in [6.07, 6.45) is 1.82. The van der Waals surface area contributed by atoms with Crippen molar-refractivity contribution in [1.29, 1.82) is 0 Å². The van der Waals surface area contributed by atoms with Crippen LogP contribution in [0.25, 0.3) is 11.2 Å². The zero-order valence-corrected chi connectivity index (χ0v) is 18.5. The van der Waals surface area contributed by atoms with Crippen LogP contribution < -0.4 is 16.0 Å². The molecule has 0 fully saturated rings. The van der Waals surface area contributed by atoms with Gasteiger partial charge in [-0.25, -0.2) is 14.6 Å². The molecule has 0 aliphatic carbocycles. The van der Waals surface area contributed by atoms with E-state index in [9.17, 15) is 14.4 Å².